The Morgan fingerprint density at radius 3 is 2.21 bits per heavy atom. The zero-order valence-electron chi connectivity index (χ0n) is 18.7. The van der Waals surface area contributed by atoms with Gasteiger partial charge in [0.2, 0.25) is 5.91 Å². The fourth-order valence-electron chi connectivity index (χ4n) is 4.61. The van der Waals surface area contributed by atoms with Gasteiger partial charge in [-0.3, -0.25) is 9.59 Å². The summed E-state index contributed by atoms with van der Waals surface area (Å²) >= 11 is 0. The van der Waals surface area contributed by atoms with Gasteiger partial charge in [-0.1, -0.05) is 42.5 Å². The molecule has 4 rings (SSSR count). The Kier molecular flexibility index (Phi) is 6.77. The normalized spacial score (nSPS) is 20.4. The first-order valence-corrected chi connectivity index (χ1v) is 11.3. The van der Waals surface area contributed by atoms with Gasteiger partial charge in [0.25, 0.3) is 5.91 Å². The van der Waals surface area contributed by atoms with Crippen molar-refractivity contribution in [1.29, 1.82) is 0 Å². The predicted molar refractivity (Wildman–Crippen MR) is 125 cm³/mol. The first-order chi connectivity index (χ1) is 16.0. The number of carboxylic acids is 1. The van der Waals surface area contributed by atoms with Crippen molar-refractivity contribution in [2.45, 2.75) is 19.8 Å². The van der Waals surface area contributed by atoms with Crippen molar-refractivity contribution in [3.05, 3.63) is 71.8 Å². The van der Waals surface area contributed by atoms with Crippen LogP contribution in [0.25, 0.3) is 0 Å². The number of carbonyl (C=O) groups excluding carboxylic acids is 3. The van der Waals surface area contributed by atoms with Gasteiger partial charge in [-0.2, -0.15) is 0 Å². The third-order valence-electron chi connectivity index (χ3n) is 6.51. The molecule has 0 aromatic heterocycles. The van der Waals surface area contributed by atoms with Crippen molar-refractivity contribution in [3.63, 3.8) is 0 Å². The Morgan fingerprint density at radius 2 is 1.52 bits per heavy atom. The van der Waals surface area contributed by atoms with E-state index in [9.17, 15) is 19.5 Å². The summed E-state index contributed by atoms with van der Waals surface area (Å²) in [5.41, 5.74) is 3.20. The van der Waals surface area contributed by atoms with Crippen LogP contribution in [-0.2, 0) is 9.59 Å². The van der Waals surface area contributed by atoms with E-state index >= 15 is 0 Å². The van der Waals surface area contributed by atoms with Gasteiger partial charge in [-0.15, -0.1) is 0 Å². The maximum absolute atomic E-state index is 13.3. The summed E-state index contributed by atoms with van der Waals surface area (Å²) in [4.78, 5) is 41.7. The maximum Gasteiger partial charge on any atom is 0.256 e. The van der Waals surface area contributed by atoms with Crippen LogP contribution in [0.2, 0.25) is 0 Å². The average Bonchev–Trinajstić information content (AvgIpc) is 2.84. The second kappa shape index (κ2) is 9.90. The molecule has 2 aromatic carbocycles. The number of hydrogen-bond donors (Lipinski definition) is 1. The fourth-order valence-corrected chi connectivity index (χ4v) is 4.61. The van der Waals surface area contributed by atoms with Crippen LogP contribution in [0.1, 0.15) is 28.8 Å². The molecule has 0 saturated carbocycles. The molecule has 1 N–H and O–H groups in total. The van der Waals surface area contributed by atoms with E-state index in [0.29, 0.717) is 30.8 Å². The number of nitrogens with zero attached hydrogens (tertiary/aromatic N) is 2. The average molecular weight is 447 g/mol. The largest absolute Gasteiger partial charge is 0.550 e. The first kappa shape index (κ1) is 22.6. The molecule has 7 heteroatoms. The smallest absolute Gasteiger partial charge is 0.256 e. The Labute approximate surface area is 193 Å². The molecule has 1 aliphatic carbocycles. The van der Waals surface area contributed by atoms with Gasteiger partial charge in [0.05, 0.1) is 17.2 Å². The number of amides is 2. The molecule has 1 aliphatic heterocycles. The molecule has 0 radical (unpaired) electrons. The SMILES string of the molecule is Cc1ccccc1N1CCN(C(=O)c2ccccc2NC(=O)[C@@H]2CC=CC[C@@H]2C(=O)[O-])CC1. The van der Waals surface area contributed by atoms with E-state index in [1.165, 1.54) is 11.3 Å². The van der Waals surface area contributed by atoms with Gasteiger partial charge in [-0.25, -0.2) is 0 Å². The van der Waals surface area contributed by atoms with E-state index in [0.717, 1.165) is 13.1 Å². The monoisotopic (exact) mass is 446 g/mol. The van der Waals surface area contributed by atoms with Crippen molar-refractivity contribution in [1.82, 2.24) is 4.90 Å². The predicted octanol–water partition coefficient (Wildman–Crippen LogP) is 2.23. The highest BCUT2D eigenvalue weighted by molar-refractivity contribution is 6.04. The summed E-state index contributed by atoms with van der Waals surface area (Å²) in [5, 5.41) is 14.3. The molecule has 172 valence electrons. The number of carboxylic acid groups (broad SMARTS) is 1. The molecule has 0 unspecified atom stereocenters. The second-order valence-electron chi connectivity index (χ2n) is 8.58. The van der Waals surface area contributed by atoms with E-state index in [1.54, 1.807) is 35.2 Å². The zero-order valence-corrected chi connectivity index (χ0v) is 18.7. The number of benzene rings is 2. The molecular formula is C26H28N3O4-. The molecule has 0 bridgehead atoms. The highest BCUT2D eigenvalue weighted by Gasteiger charge is 2.31. The number of aryl methyl sites for hydroxylation is 1. The highest BCUT2D eigenvalue weighted by Crippen LogP contribution is 2.28. The van der Waals surface area contributed by atoms with Crippen LogP contribution in [-0.4, -0.2) is 48.9 Å². The van der Waals surface area contributed by atoms with Crippen LogP contribution < -0.4 is 15.3 Å². The van der Waals surface area contributed by atoms with Gasteiger partial charge in [0.1, 0.15) is 0 Å². The summed E-state index contributed by atoms with van der Waals surface area (Å²) in [6, 6.07) is 15.1. The van der Waals surface area contributed by atoms with Gasteiger partial charge in [-0.05, 0) is 43.5 Å². The van der Waals surface area contributed by atoms with Crippen LogP contribution in [0, 0.1) is 18.8 Å². The highest BCUT2D eigenvalue weighted by atomic mass is 16.4. The number of hydrogen-bond acceptors (Lipinski definition) is 5. The van der Waals surface area contributed by atoms with Gasteiger partial charge in [0.15, 0.2) is 0 Å². The number of aliphatic carboxylic acids is 1. The zero-order chi connectivity index (χ0) is 23.4. The van der Waals surface area contributed by atoms with Crippen LogP contribution in [0.5, 0.6) is 0 Å². The van der Waals surface area contributed by atoms with Crippen LogP contribution >= 0.6 is 0 Å². The lowest BCUT2D eigenvalue weighted by Gasteiger charge is -2.37. The van der Waals surface area contributed by atoms with Crippen molar-refractivity contribution in [3.8, 4) is 0 Å². The minimum absolute atomic E-state index is 0.143. The minimum Gasteiger partial charge on any atom is -0.550 e. The van der Waals surface area contributed by atoms with E-state index in [2.05, 4.69) is 29.3 Å². The lowest BCUT2D eigenvalue weighted by molar-refractivity contribution is -0.313. The Balaban J connectivity index is 1.45. The molecule has 1 heterocycles. The maximum atomic E-state index is 13.3. The van der Waals surface area contributed by atoms with E-state index in [4.69, 9.17) is 0 Å². The Bertz CT molecular complexity index is 1070. The lowest BCUT2D eigenvalue weighted by atomic mass is 9.82. The second-order valence-corrected chi connectivity index (χ2v) is 8.58. The van der Waals surface area contributed by atoms with Gasteiger partial charge >= 0.3 is 0 Å². The van der Waals surface area contributed by atoms with E-state index in [-0.39, 0.29) is 12.3 Å². The number of para-hydroxylation sites is 2. The topological polar surface area (TPSA) is 92.8 Å². The summed E-state index contributed by atoms with van der Waals surface area (Å²) < 4.78 is 0. The van der Waals surface area contributed by atoms with E-state index in [1.807, 2.05) is 18.2 Å². The number of anilines is 2. The fraction of sp³-hybridized carbons (Fsp3) is 0.346. The number of allylic oxidation sites excluding steroid dienone is 2. The van der Waals surface area contributed by atoms with Crippen LogP contribution in [0.4, 0.5) is 11.4 Å². The van der Waals surface area contributed by atoms with Crippen molar-refractivity contribution in [2.24, 2.45) is 11.8 Å². The summed E-state index contributed by atoms with van der Waals surface area (Å²) in [5.74, 6) is -3.36. The number of rotatable bonds is 5. The van der Waals surface area contributed by atoms with E-state index < -0.39 is 23.7 Å². The van der Waals surface area contributed by atoms with Crippen molar-refractivity contribution in [2.75, 3.05) is 36.4 Å². The van der Waals surface area contributed by atoms with Crippen LogP contribution in [0.15, 0.2) is 60.7 Å². The lowest BCUT2D eigenvalue weighted by Crippen LogP contribution is -2.49. The minimum atomic E-state index is -1.23. The molecule has 1 fully saturated rings. The molecule has 2 amide bonds. The van der Waals surface area contributed by atoms with Gasteiger partial charge in [0, 0.05) is 43.8 Å². The molecule has 2 aromatic rings. The quantitative estimate of drug-likeness (QED) is 0.711. The Morgan fingerprint density at radius 1 is 0.879 bits per heavy atom. The standard InChI is InChI=1S/C26H29N3O4/c1-18-8-2-7-13-23(18)28-14-16-29(17-15-28)25(31)21-11-5-6-12-22(21)27-24(30)19-9-3-4-10-20(19)26(32)33/h2-8,11-13,19-20H,9-10,14-17H2,1H3,(H,27,30)(H,32,33)/p-1/t19-,20+/m1/s1. The molecule has 0 spiro atoms. The molecule has 2 aliphatic rings. The number of piperazine rings is 1. The summed E-state index contributed by atoms with van der Waals surface area (Å²) in [6.07, 6.45) is 4.18. The first-order valence-electron chi connectivity index (χ1n) is 11.3. The van der Waals surface area contributed by atoms with Crippen molar-refractivity contribution >= 4 is 29.2 Å². The molecule has 7 nitrogen and oxygen atoms in total. The van der Waals surface area contributed by atoms with Crippen LogP contribution in [0.3, 0.4) is 0 Å². The molecular weight excluding hydrogens is 418 g/mol. The molecule has 33 heavy (non-hydrogen) atoms. The number of nitrogens with one attached hydrogen (secondary N) is 1. The summed E-state index contributed by atoms with van der Waals surface area (Å²) in [6.45, 7) is 4.70. The summed E-state index contributed by atoms with van der Waals surface area (Å²) in [7, 11) is 0. The molecule has 2 atom stereocenters. The third kappa shape index (κ3) is 4.92. The van der Waals surface area contributed by atoms with Gasteiger partial charge < -0.3 is 25.0 Å². The number of carbonyl (C=O) groups is 3. The Hall–Kier alpha value is -3.61. The molecule has 1 saturated heterocycles. The third-order valence-corrected chi connectivity index (χ3v) is 6.51. The van der Waals surface area contributed by atoms with Crippen molar-refractivity contribution < 1.29 is 19.5 Å².